The minimum atomic E-state index is -0.913. The third-order valence-corrected chi connectivity index (χ3v) is 1.04. The second kappa shape index (κ2) is 8.00. The van der Waals surface area contributed by atoms with Gasteiger partial charge in [-0.3, -0.25) is 9.59 Å². The number of nitrogens with two attached hydrogens (primary N) is 2. The summed E-state index contributed by atoms with van der Waals surface area (Å²) in [6.07, 6.45) is 0.801. The molecule has 0 aromatic heterocycles. The zero-order valence-corrected chi connectivity index (χ0v) is 7.36. The van der Waals surface area contributed by atoms with Crippen LogP contribution in [-0.2, 0) is 9.59 Å². The summed E-state index contributed by atoms with van der Waals surface area (Å²) in [7, 11) is 0. The largest absolute Gasteiger partial charge is 0.480 e. The molecule has 0 rings (SSSR count). The zero-order chi connectivity index (χ0) is 10.1. The lowest BCUT2D eigenvalue weighted by Gasteiger charge is -2.07. The van der Waals surface area contributed by atoms with Crippen LogP contribution in [0.5, 0.6) is 0 Å². The summed E-state index contributed by atoms with van der Waals surface area (Å²) in [5, 5.41) is 8.31. The molecule has 0 aromatic rings. The second-order valence-electron chi connectivity index (χ2n) is 2.71. The van der Waals surface area contributed by atoms with Crippen molar-refractivity contribution in [3.8, 4) is 0 Å². The molecule has 12 heavy (non-hydrogen) atoms. The van der Waals surface area contributed by atoms with Gasteiger partial charge in [-0.15, -0.1) is 0 Å². The molecule has 72 valence electrons. The van der Waals surface area contributed by atoms with Crippen molar-refractivity contribution in [2.75, 3.05) is 0 Å². The van der Waals surface area contributed by atoms with Crippen molar-refractivity contribution in [3.05, 3.63) is 0 Å². The van der Waals surface area contributed by atoms with Crippen LogP contribution in [0.25, 0.3) is 0 Å². The number of hydrogen-bond donors (Lipinski definition) is 3. The number of rotatable bonds is 3. The van der Waals surface area contributed by atoms with Crippen LogP contribution in [-0.4, -0.2) is 23.5 Å². The molecule has 0 aliphatic rings. The molecule has 5 nitrogen and oxygen atoms in total. The van der Waals surface area contributed by atoms with E-state index in [2.05, 4.69) is 5.73 Å². The Bertz CT molecular complexity index is 137. The highest BCUT2D eigenvalue weighted by Gasteiger charge is 2.11. The Kier molecular flexibility index (Phi) is 8.99. The van der Waals surface area contributed by atoms with Crippen molar-refractivity contribution in [1.29, 1.82) is 0 Å². The molecule has 1 atom stereocenters. The van der Waals surface area contributed by atoms with Gasteiger partial charge in [-0.05, 0) is 12.3 Å². The first-order chi connectivity index (χ1) is 5.45. The Labute approximate surface area is 71.7 Å². The molecule has 0 radical (unpaired) electrons. The highest BCUT2D eigenvalue weighted by atomic mass is 16.4. The number of carboxylic acids is 1. The zero-order valence-electron chi connectivity index (χ0n) is 7.36. The Morgan fingerprint density at radius 2 is 1.92 bits per heavy atom. The SMILES string of the molecule is CC(C)C[C@@H](N)C(=O)O.NC=O. The molecule has 5 heteroatoms. The Morgan fingerprint density at radius 1 is 1.58 bits per heavy atom. The lowest BCUT2D eigenvalue weighted by atomic mass is 10.1. The highest BCUT2D eigenvalue weighted by molar-refractivity contribution is 5.72. The van der Waals surface area contributed by atoms with Gasteiger partial charge in [0.05, 0.1) is 0 Å². The average Bonchev–Trinajstić information content (AvgIpc) is 1.87. The summed E-state index contributed by atoms with van der Waals surface area (Å²) in [6, 6.07) is -0.690. The normalized spacial score (nSPS) is 11.3. The lowest BCUT2D eigenvalue weighted by Crippen LogP contribution is -2.31. The van der Waals surface area contributed by atoms with E-state index in [1.807, 2.05) is 13.8 Å². The van der Waals surface area contributed by atoms with E-state index in [0.717, 1.165) is 0 Å². The minimum Gasteiger partial charge on any atom is -0.480 e. The van der Waals surface area contributed by atoms with Gasteiger partial charge in [0.25, 0.3) is 0 Å². The molecule has 0 aromatic carbocycles. The second-order valence-corrected chi connectivity index (χ2v) is 2.71. The molecular weight excluding hydrogens is 160 g/mol. The van der Waals surface area contributed by atoms with E-state index in [9.17, 15) is 4.79 Å². The first-order valence-electron chi connectivity index (χ1n) is 3.59. The lowest BCUT2D eigenvalue weighted by molar-refractivity contribution is -0.138. The fourth-order valence-corrected chi connectivity index (χ4v) is 0.609. The quantitative estimate of drug-likeness (QED) is 0.506. The molecule has 0 aliphatic heterocycles. The van der Waals surface area contributed by atoms with Gasteiger partial charge in [0.15, 0.2) is 0 Å². The maximum absolute atomic E-state index is 10.1. The van der Waals surface area contributed by atoms with Crippen molar-refractivity contribution < 1.29 is 14.7 Å². The summed E-state index contributed by atoms with van der Waals surface area (Å²) in [6.45, 7) is 3.89. The fourth-order valence-electron chi connectivity index (χ4n) is 0.609. The highest BCUT2D eigenvalue weighted by Crippen LogP contribution is 2.01. The Hall–Kier alpha value is -1.10. The first-order valence-corrected chi connectivity index (χ1v) is 3.59. The van der Waals surface area contributed by atoms with Crippen molar-refractivity contribution in [1.82, 2.24) is 0 Å². The molecule has 0 unspecified atom stereocenters. The van der Waals surface area contributed by atoms with Crippen molar-refractivity contribution >= 4 is 12.4 Å². The van der Waals surface area contributed by atoms with E-state index in [0.29, 0.717) is 12.3 Å². The van der Waals surface area contributed by atoms with Crippen LogP contribution in [0.2, 0.25) is 0 Å². The van der Waals surface area contributed by atoms with Crippen molar-refractivity contribution in [3.63, 3.8) is 0 Å². The number of amides is 1. The van der Waals surface area contributed by atoms with E-state index in [1.54, 1.807) is 0 Å². The number of primary amides is 1. The van der Waals surface area contributed by atoms with Crippen LogP contribution in [0.15, 0.2) is 0 Å². The predicted octanol–water partition coefficient (Wildman–Crippen LogP) is -0.454. The smallest absolute Gasteiger partial charge is 0.320 e. The van der Waals surface area contributed by atoms with E-state index in [4.69, 9.17) is 15.6 Å². The van der Waals surface area contributed by atoms with Crippen molar-refractivity contribution in [2.24, 2.45) is 17.4 Å². The Morgan fingerprint density at radius 3 is 2.00 bits per heavy atom. The molecule has 0 spiro atoms. The van der Waals surface area contributed by atoms with E-state index in [-0.39, 0.29) is 6.41 Å². The molecule has 0 bridgehead atoms. The molecule has 0 fully saturated rings. The van der Waals surface area contributed by atoms with E-state index >= 15 is 0 Å². The number of carboxylic acid groups (broad SMARTS) is 1. The van der Waals surface area contributed by atoms with Crippen LogP contribution < -0.4 is 11.5 Å². The molecule has 1 amide bonds. The summed E-state index contributed by atoms with van der Waals surface area (Å²) in [5.41, 5.74) is 9.38. The van der Waals surface area contributed by atoms with Gasteiger partial charge in [0, 0.05) is 0 Å². The van der Waals surface area contributed by atoms with Gasteiger partial charge >= 0.3 is 5.97 Å². The van der Waals surface area contributed by atoms with Gasteiger partial charge in [0.2, 0.25) is 6.41 Å². The fraction of sp³-hybridized carbons (Fsp3) is 0.714. The van der Waals surface area contributed by atoms with Gasteiger partial charge in [0.1, 0.15) is 6.04 Å². The van der Waals surface area contributed by atoms with Crippen LogP contribution in [0.4, 0.5) is 0 Å². The van der Waals surface area contributed by atoms with Gasteiger partial charge < -0.3 is 16.6 Å². The Balaban J connectivity index is 0. The van der Waals surface area contributed by atoms with Crippen LogP contribution >= 0.6 is 0 Å². The predicted molar refractivity (Wildman–Crippen MR) is 45.3 cm³/mol. The molecule has 0 heterocycles. The summed E-state index contributed by atoms with van der Waals surface area (Å²) in [5.74, 6) is -0.556. The maximum atomic E-state index is 10.1. The summed E-state index contributed by atoms with van der Waals surface area (Å²) >= 11 is 0. The molecule has 5 N–H and O–H groups in total. The molecule has 0 saturated heterocycles. The van der Waals surface area contributed by atoms with E-state index < -0.39 is 12.0 Å². The van der Waals surface area contributed by atoms with Gasteiger partial charge in [-0.2, -0.15) is 0 Å². The molecule has 0 saturated carbocycles. The van der Waals surface area contributed by atoms with Crippen LogP contribution in [0, 0.1) is 5.92 Å². The standard InChI is InChI=1S/C6H13NO2.CH3NO/c1-4(2)3-5(7)6(8)9;2-1-3/h4-5H,3,7H2,1-2H3,(H,8,9);1H,(H2,2,3)/t5-;/m1./s1. The van der Waals surface area contributed by atoms with Crippen molar-refractivity contribution in [2.45, 2.75) is 26.3 Å². The number of hydrogen-bond acceptors (Lipinski definition) is 3. The number of carbonyl (C=O) groups is 2. The molecule has 0 aliphatic carbocycles. The average molecular weight is 176 g/mol. The van der Waals surface area contributed by atoms with Gasteiger partial charge in [-0.1, -0.05) is 13.8 Å². The molecular formula is C7H16N2O3. The minimum absolute atomic E-state index is 0.250. The maximum Gasteiger partial charge on any atom is 0.320 e. The van der Waals surface area contributed by atoms with Gasteiger partial charge in [-0.25, -0.2) is 0 Å². The summed E-state index contributed by atoms with van der Waals surface area (Å²) in [4.78, 5) is 18.7. The topological polar surface area (TPSA) is 106 Å². The number of carbonyl (C=O) groups excluding carboxylic acids is 1. The third kappa shape index (κ3) is 11.7. The first kappa shape index (κ1) is 13.5. The third-order valence-electron chi connectivity index (χ3n) is 1.04. The van der Waals surface area contributed by atoms with Crippen LogP contribution in [0.3, 0.4) is 0 Å². The summed E-state index contributed by atoms with van der Waals surface area (Å²) < 4.78 is 0. The monoisotopic (exact) mass is 176 g/mol. The van der Waals surface area contributed by atoms with E-state index in [1.165, 1.54) is 0 Å². The van der Waals surface area contributed by atoms with Crippen LogP contribution in [0.1, 0.15) is 20.3 Å². The number of aliphatic carboxylic acids is 1.